The van der Waals surface area contributed by atoms with E-state index in [0.717, 1.165) is 25.7 Å². The van der Waals surface area contributed by atoms with Gasteiger partial charge in [0.1, 0.15) is 0 Å². The molecule has 0 saturated heterocycles. The topological polar surface area (TPSA) is 78.4 Å². The molecule has 2 unspecified atom stereocenters. The lowest BCUT2D eigenvalue weighted by molar-refractivity contribution is -0.128. The maximum Gasteiger partial charge on any atom is 0.225 e. The third-order valence-electron chi connectivity index (χ3n) is 4.00. The van der Waals surface area contributed by atoms with E-state index in [9.17, 15) is 14.7 Å². The smallest absolute Gasteiger partial charge is 0.225 e. The SMILES string of the molecule is CC1CCCC(O)(CNC(=O)CCNC(=O)C(C)(C)C)C1. The fourth-order valence-electron chi connectivity index (χ4n) is 2.70. The van der Waals surface area contributed by atoms with Crippen LogP contribution in [0.5, 0.6) is 0 Å². The summed E-state index contributed by atoms with van der Waals surface area (Å²) in [6.07, 6.45) is 3.89. The van der Waals surface area contributed by atoms with Crippen molar-refractivity contribution in [3.05, 3.63) is 0 Å². The second-order valence-corrected chi connectivity index (χ2v) is 7.46. The van der Waals surface area contributed by atoms with Crippen molar-refractivity contribution >= 4 is 11.8 Å². The van der Waals surface area contributed by atoms with Crippen molar-refractivity contribution in [2.45, 2.75) is 65.4 Å². The number of nitrogens with one attached hydrogen (secondary N) is 2. The van der Waals surface area contributed by atoms with Crippen LogP contribution in [0.25, 0.3) is 0 Å². The van der Waals surface area contributed by atoms with E-state index in [2.05, 4.69) is 17.6 Å². The third-order valence-corrected chi connectivity index (χ3v) is 4.00. The lowest BCUT2D eigenvalue weighted by atomic mass is 9.79. The normalized spacial score (nSPS) is 26.2. The van der Waals surface area contributed by atoms with Crippen LogP contribution in [0.2, 0.25) is 0 Å². The minimum Gasteiger partial charge on any atom is -0.388 e. The Morgan fingerprint density at radius 2 is 1.95 bits per heavy atom. The molecule has 21 heavy (non-hydrogen) atoms. The van der Waals surface area contributed by atoms with Crippen LogP contribution in [-0.4, -0.2) is 35.6 Å². The summed E-state index contributed by atoms with van der Waals surface area (Å²) in [5.74, 6) is 0.317. The maximum absolute atomic E-state index is 11.8. The average Bonchev–Trinajstić information content (AvgIpc) is 2.35. The summed E-state index contributed by atoms with van der Waals surface area (Å²) in [5, 5.41) is 16.0. The monoisotopic (exact) mass is 298 g/mol. The van der Waals surface area contributed by atoms with Crippen LogP contribution in [0.15, 0.2) is 0 Å². The Morgan fingerprint density at radius 3 is 2.52 bits per heavy atom. The summed E-state index contributed by atoms with van der Waals surface area (Å²) in [4.78, 5) is 23.4. The predicted octanol–water partition coefficient (Wildman–Crippen LogP) is 1.60. The Hall–Kier alpha value is -1.10. The van der Waals surface area contributed by atoms with Gasteiger partial charge in [0.05, 0.1) is 5.60 Å². The van der Waals surface area contributed by atoms with Crippen LogP contribution in [0.4, 0.5) is 0 Å². The summed E-state index contributed by atoms with van der Waals surface area (Å²) in [6.45, 7) is 8.28. The van der Waals surface area contributed by atoms with Gasteiger partial charge in [-0.3, -0.25) is 9.59 Å². The molecule has 1 saturated carbocycles. The summed E-state index contributed by atoms with van der Waals surface area (Å²) < 4.78 is 0. The molecule has 2 amide bonds. The average molecular weight is 298 g/mol. The summed E-state index contributed by atoms with van der Waals surface area (Å²) >= 11 is 0. The first-order valence-corrected chi connectivity index (χ1v) is 7.90. The molecular weight excluding hydrogens is 268 g/mol. The zero-order valence-corrected chi connectivity index (χ0v) is 13.8. The highest BCUT2D eigenvalue weighted by Gasteiger charge is 2.32. The molecular formula is C16H30N2O3. The van der Waals surface area contributed by atoms with Crippen molar-refractivity contribution < 1.29 is 14.7 Å². The van der Waals surface area contributed by atoms with E-state index in [1.165, 1.54) is 0 Å². The lowest BCUT2D eigenvalue weighted by Gasteiger charge is -2.35. The first kappa shape index (κ1) is 18.0. The molecule has 0 aromatic carbocycles. The molecule has 1 rings (SSSR count). The van der Waals surface area contributed by atoms with Gasteiger partial charge < -0.3 is 15.7 Å². The molecule has 122 valence electrons. The van der Waals surface area contributed by atoms with Gasteiger partial charge in [0.25, 0.3) is 0 Å². The first-order chi connectivity index (χ1) is 9.62. The Bertz CT molecular complexity index is 376. The van der Waals surface area contributed by atoms with E-state index in [1.54, 1.807) is 0 Å². The number of carbonyl (C=O) groups excluding carboxylic acids is 2. The van der Waals surface area contributed by atoms with E-state index < -0.39 is 11.0 Å². The fraction of sp³-hybridized carbons (Fsp3) is 0.875. The van der Waals surface area contributed by atoms with Crippen LogP contribution in [0.1, 0.15) is 59.8 Å². The third kappa shape index (κ3) is 6.46. The van der Waals surface area contributed by atoms with Crippen molar-refractivity contribution in [1.82, 2.24) is 10.6 Å². The van der Waals surface area contributed by atoms with E-state index in [0.29, 0.717) is 19.0 Å². The molecule has 0 radical (unpaired) electrons. The number of amides is 2. The number of hydrogen-bond acceptors (Lipinski definition) is 3. The highest BCUT2D eigenvalue weighted by Crippen LogP contribution is 2.31. The highest BCUT2D eigenvalue weighted by atomic mass is 16.3. The zero-order chi connectivity index (χ0) is 16.1. The van der Waals surface area contributed by atoms with Crippen LogP contribution >= 0.6 is 0 Å². The molecule has 0 heterocycles. The second kappa shape index (κ2) is 7.25. The van der Waals surface area contributed by atoms with Gasteiger partial charge in [-0.2, -0.15) is 0 Å². The zero-order valence-electron chi connectivity index (χ0n) is 13.8. The largest absolute Gasteiger partial charge is 0.388 e. The van der Waals surface area contributed by atoms with Gasteiger partial charge in [-0.15, -0.1) is 0 Å². The van der Waals surface area contributed by atoms with E-state index in [1.807, 2.05) is 20.8 Å². The molecule has 1 aliphatic rings. The van der Waals surface area contributed by atoms with Crippen molar-refractivity contribution in [1.29, 1.82) is 0 Å². The Kier molecular flexibility index (Phi) is 6.20. The molecule has 0 aromatic heterocycles. The van der Waals surface area contributed by atoms with Crippen molar-refractivity contribution in [3.8, 4) is 0 Å². The molecule has 3 N–H and O–H groups in total. The standard InChI is InChI=1S/C16H30N2O3/c1-12-6-5-8-16(21,10-12)11-18-13(19)7-9-17-14(20)15(2,3)4/h12,21H,5-11H2,1-4H3,(H,17,20)(H,18,19). The summed E-state index contributed by atoms with van der Waals surface area (Å²) in [7, 11) is 0. The predicted molar refractivity (Wildman–Crippen MR) is 82.7 cm³/mol. The quantitative estimate of drug-likeness (QED) is 0.721. The van der Waals surface area contributed by atoms with Crippen molar-refractivity contribution in [2.24, 2.45) is 11.3 Å². The molecule has 5 heteroatoms. The van der Waals surface area contributed by atoms with Crippen molar-refractivity contribution in [3.63, 3.8) is 0 Å². The van der Waals surface area contributed by atoms with Gasteiger partial charge >= 0.3 is 0 Å². The van der Waals surface area contributed by atoms with Crippen LogP contribution < -0.4 is 10.6 Å². The maximum atomic E-state index is 11.8. The van der Waals surface area contributed by atoms with Crippen LogP contribution in [-0.2, 0) is 9.59 Å². The summed E-state index contributed by atoms with van der Waals surface area (Å²) in [6, 6.07) is 0. The minimum absolute atomic E-state index is 0.0602. The van der Waals surface area contributed by atoms with Crippen molar-refractivity contribution in [2.75, 3.05) is 13.1 Å². The molecule has 0 bridgehead atoms. The highest BCUT2D eigenvalue weighted by molar-refractivity contribution is 5.82. The number of aliphatic hydroxyl groups is 1. The van der Waals surface area contributed by atoms with Gasteiger partial charge in [-0.1, -0.05) is 40.5 Å². The molecule has 1 fully saturated rings. The Labute approximate surface area is 127 Å². The van der Waals surface area contributed by atoms with Gasteiger partial charge in [0.15, 0.2) is 0 Å². The molecule has 5 nitrogen and oxygen atoms in total. The number of rotatable bonds is 5. The van der Waals surface area contributed by atoms with Crippen LogP contribution in [0, 0.1) is 11.3 Å². The molecule has 0 aromatic rings. The van der Waals surface area contributed by atoms with E-state index >= 15 is 0 Å². The number of hydrogen-bond donors (Lipinski definition) is 3. The molecule has 0 spiro atoms. The first-order valence-electron chi connectivity index (χ1n) is 7.90. The lowest BCUT2D eigenvalue weighted by Crippen LogP contribution is -2.46. The van der Waals surface area contributed by atoms with Gasteiger partial charge in [0, 0.05) is 24.9 Å². The molecule has 1 aliphatic carbocycles. The Morgan fingerprint density at radius 1 is 1.29 bits per heavy atom. The van der Waals surface area contributed by atoms with Gasteiger partial charge in [-0.05, 0) is 18.8 Å². The Balaban J connectivity index is 2.24. The summed E-state index contributed by atoms with van der Waals surface area (Å²) in [5.41, 5.74) is -1.20. The van der Waals surface area contributed by atoms with Gasteiger partial charge in [-0.25, -0.2) is 0 Å². The van der Waals surface area contributed by atoms with Gasteiger partial charge in [0.2, 0.25) is 11.8 Å². The van der Waals surface area contributed by atoms with E-state index in [-0.39, 0.29) is 18.2 Å². The molecule has 2 atom stereocenters. The molecule has 0 aliphatic heterocycles. The van der Waals surface area contributed by atoms with Crippen LogP contribution in [0.3, 0.4) is 0 Å². The van der Waals surface area contributed by atoms with E-state index in [4.69, 9.17) is 0 Å². The fourth-order valence-corrected chi connectivity index (χ4v) is 2.70. The second-order valence-electron chi connectivity index (χ2n) is 7.46. The minimum atomic E-state index is -0.762. The number of carbonyl (C=O) groups is 2.